The molecule has 1 atom stereocenters. The van der Waals surface area contributed by atoms with Crippen LogP contribution in [0.25, 0.3) is 0 Å². The second kappa shape index (κ2) is 12.4. The Morgan fingerprint density at radius 1 is 1.03 bits per heavy atom. The van der Waals surface area contributed by atoms with Crippen LogP contribution in [0.3, 0.4) is 0 Å². The summed E-state index contributed by atoms with van der Waals surface area (Å²) in [6.45, 7) is 2.44. The molecule has 1 heterocycles. The van der Waals surface area contributed by atoms with E-state index in [1.54, 1.807) is 12.0 Å². The Morgan fingerprint density at radius 2 is 1.62 bits per heavy atom. The maximum Gasteiger partial charge on any atom is 0.253 e. The monoisotopic (exact) mass is 519 g/mol. The van der Waals surface area contributed by atoms with Crippen LogP contribution in [0.5, 0.6) is 0 Å². The Bertz CT molecular complexity index is 1180. The summed E-state index contributed by atoms with van der Waals surface area (Å²) in [4.78, 5) is 22.4. The lowest BCUT2D eigenvalue weighted by atomic mass is 9.84. The Labute approximate surface area is 224 Å². The topological polar surface area (TPSA) is 65.4 Å². The van der Waals surface area contributed by atoms with Gasteiger partial charge in [-0.1, -0.05) is 77.4 Å². The number of hydrogen-bond donors (Lipinski definition) is 1. The first kappa shape index (κ1) is 26.9. The molecule has 1 aliphatic rings. The second-order valence-corrected chi connectivity index (χ2v) is 10.0. The van der Waals surface area contributed by atoms with Crippen LogP contribution in [-0.4, -0.2) is 66.9 Å². The third-order valence-electron chi connectivity index (χ3n) is 7.09. The van der Waals surface area contributed by atoms with Gasteiger partial charge in [-0.25, -0.2) is 0 Å². The number of carbonyl (C=O) groups is 1. The number of piperidine rings is 1. The number of carbonyl (C=O) groups excluding carboxylic acids is 1. The highest BCUT2D eigenvalue weighted by atomic mass is 35.5. The van der Waals surface area contributed by atoms with Gasteiger partial charge in [-0.2, -0.15) is 0 Å². The van der Waals surface area contributed by atoms with Gasteiger partial charge in [0.1, 0.15) is 7.11 Å². The average molecular weight is 520 g/mol. The van der Waals surface area contributed by atoms with E-state index in [1.165, 1.54) is 0 Å². The van der Waals surface area contributed by atoms with E-state index < -0.39 is 5.60 Å². The van der Waals surface area contributed by atoms with Gasteiger partial charge in [-0.15, -0.1) is 0 Å². The zero-order valence-electron chi connectivity index (χ0n) is 21.4. The smallest absolute Gasteiger partial charge is 0.253 e. The fourth-order valence-electron chi connectivity index (χ4n) is 4.92. The number of oxime groups is 1. The fraction of sp³-hybridized carbons (Fsp3) is 0.333. The Balaban J connectivity index is 1.53. The van der Waals surface area contributed by atoms with Crippen molar-refractivity contribution in [2.45, 2.75) is 24.4 Å². The summed E-state index contributed by atoms with van der Waals surface area (Å²) in [5.41, 5.74) is 2.60. The van der Waals surface area contributed by atoms with Crippen molar-refractivity contribution >= 4 is 23.2 Å². The largest absolute Gasteiger partial charge is 0.399 e. The van der Waals surface area contributed by atoms with Crippen LogP contribution in [-0.2, 0) is 10.4 Å². The van der Waals surface area contributed by atoms with E-state index in [4.69, 9.17) is 16.4 Å². The Kier molecular flexibility index (Phi) is 8.98. The van der Waals surface area contributed by atoms with Gasteiger partial charge in [0.05, 0.1) is 11.3 Å². The predicted molar refractivity (Wildman–Crippen MR) is 148 cm³/mol. The van der Waals surface area contributed by atoms with E-state index in [2.05, 4.69) is 10.1 Å². The summed E-state index contributed by atoms with van der Waals surface area (Å²) in [5.74, 6) is -0.243. The minimum absolute atomic E-state index is 0.0535. The second-order valence-electron chi connectivity index (χ2n) is 9.59. The van der Waals surface area contributed by atoms with E-state index in [0.717, 1.165) is 29.9 Å². The number of amides is 1. The molecule has 0 aliphatic carbocycles. The third kappa shape index (κ3) is 6.77. The van der Waals surface area contributed by atoms with Crippen molar-refractivity contribution in [2.75, 3.05) is 40.3 Å². The lowest BCUT2D eigenvalue weighted by Crippen LogP contribution is -2.46. The highest BCUT2D eigenvalue weighted by Crippen LogP contribution is 2.33. The minimum Gasteiger partial charge on any atom is -0.399 e. The number of aliphatic hydroxyl groups is 1. The lowest BCUT2D eigenvalue weighted by Gasteiger charge is -2.39. The molecule has 1 aliphatic heterocycles. The predicted octanol–water partition coefficient (Wildman–Crippen LogP) is 5.18. The maximum absolute atomic E-state index is 13.1. The molecule has 6 nitrogen and oxygen atoms in total. The van der Waals surface area contributed by atoms with Crippen LogP contribution in [0, 0.1) is 0 Å². The fourth-order valence-corrected chi connectivity index (χ4v) is 5.05. The molecule has 37 heavy (non-hydrogen) atoms. The summed E-state index contributed by atoms with van der Waals surface area (Å²) < 4.78 is 0. The van der Waals surface area contributed by atoms with Crippen LogP contribution in [0.4, 0.5) is 0 Å². The van der Waals surface area contributed by atoms with E-state index in [0.29, 0.717) is 36.5 Å². The molecule has 194 valence electrons. The van der Waals surface area contributed by atoms with E-state index in [9.17, 15) is 9.90 Å². The van der Waals surface area contributed by atoms with Crippen LogP contribution in [0.1, 0.15) is 40.2 Å². The highest BCUT2D eigenvalue weighted by molar-refractivity contribution is 6.30. The zero-order chi connectivity index (χ0) is 26.3. The normalized spacial score (nSPS) is 16.7. The molecule has 7 heteroatoms. The van der Waals surface area contributed by atoms with Gasteiger partial charge in [0.2, 0.25) is 0 Å². The van der Waals surface area contributed by atoms with Crippen molar-refractivity contribution in [2.24, 2.45) is 5.16 Å². The van der Waals surface area contributed by atoms with Gasteiger partial charge >= 0.3 is 0 Å². The first-order chi connectivity index (χ1) is 17.9. The molecule has 0 saturated carbocycles. The molecule has 0 aromatic heterocycles. The first-order valence-electron chi connectivity index (χ1n) is 12.6. The number of benzene rings is 3. The molecule has 3 aromatic rings. The van der Waals surface area contributed by atoms with Gasteiger partial charge in [0.15, 0.2) is 0 Å². The third-order valence-corrected chi connectivity index (χ3v) is 7.34. The van der Waals surface area contributed by atoms with Crippen molar-refractivity contribution in [3.63, 3.8) is 0 Å². The molecule has 1 amide bonds. The average Bonchev–Trinajstić information content (AvgIpc) is 2.94. The lowest BCUT2D eigenvalue weighted by molar-refractivity contribution is -0.0228. The summed E-state index contributed by atoms with van der Waals surface area (Å²) in [6, 6.07) is 26.8. The number of likely N-dealkylation sites (tertiary alicyclic amines) is 1. The van der Waals surface area contributed by atoms with Crippen molar-refractivity contribution < 1.29 is 14.7 Å². The van der Waals surface area contributed by atoms with Crippen LogP contribution < -0.4 is 0 Å². The van der Waals surface area contributed by atoms with Crippen molar-refractivity contribution in [3.8, 4) is 0 Å². The molecule has 0 radical (unpaired) electrons. The van der Waals surface area contributed by atoms with E-state index >= 15 is 0 Å². The molecule has 1 unspecified atom stereocenters. The first-order valence-corrected chi connectivity index (χ1v) is 12.9. The van der Waals surface area contributed by atoms with Gasteiger partial charge in [-0.05, 0) is 48.2 Å². The molecule has 1 N–H and O–H groups in total. The standard InChI is InChI=1S/C30H34ClN3O3/c1-33(29(35)24-9-5-3-6-10-24)21-27(23-13-15-26(31)16-14-23)28(32-37-2)22-34-19-17-30(36,18-20-34)25-11-7-4-8-12-25/h3-16,27,36H,17-22H2,1-2H3/b32-28-. The molecule has 1 saturated heterocycles. The molecule has 3 aromatic carbocycles. The molecule has 0 spiro atoms. The molecular weight excluding hydrogens is 486 g/mol. The number of likely N-dealkylation sites (N-methyl/N-ethyl adjacent to an activating group) is 1. The van der Waals surface area contributed by atoms with Gasteiger partial charge in [-0.3, -0.25) is 9.69 Å². The molecule has 4 rings (SSSR count). The molecule has 0 bridgehead atoms. The number of hydrogen-bond acceptors (Lipinski definition) is 5. The Morgan fingerprint density at radius 3 is 2.22 bits per heavy atom. The summed E-state index contributed by atoms with van der Waals surface area (Å²) in [6.07, 6.45) is 1.27. The summed E-state index contributed by atoms with van der Waals surface area (Å²) >= 11 is 6.17. The van der Waals surface area contributed by atoms with Crippen molar-refractivity contribution in [1.29, 1.82) is 0 Å². The minimum atomic E-state index is -0.825. The van der Waals surface area contributed by atoms with Crippen LogP contribution >= 0.6 is 11.6 Å². The summed E-state index contributed by atoms with van der Waals surface area (Å²) in [5, 5.41) is 16.4. The van der Waals surface area contributed by atoms with Gasteiger partial charge in [0, 0.05) is 49.7 Å². The molecule has 1 fully saturated rings. The van der Waals surface area contributed by atoms with Crippen LogP contribution in [0.15, 0.2) is 90.1 Å². The number of halogens is 1. The Hall–Kier alpha value is -3.19. The van der Waals surface area contributed by atoms with E-state index in [1.807, 2.05) is 92.0 Å². The number of nitrogens with zero attached hydrogens (tertiary/aromatic N) is 3. The number of rotatable bonds is 9. The van der Waals surface area contributed by atoms with Gasteiger partial charge < -0.3 is 14.8 Å². The van der Waals surface area contributed by atoms with Gasteiger partial charge in [0.25, 0.3) is 5.91 Å². The summed E-state index contributed by atoms with van der Waals surface area (Å²) in [7, 11) is 3.35. The zero-order valence-corrected chi connectivity index (χ0v) is 22.1. The van der Waals surface area contributed by atoms with Crippen molar-refractivity contribution in [3.05, 3.63) is 107 Å². The van der Waals surface area contributed by atoms with Crippen LogP contribution in [0.2, 0.25) is 5.02 Å². The highest BCUT2D eigenvalue weighted by Gasteiger charge is 2.35. The maximum atomic E-state index is 13.1. The molecular formula is C30H34ClN3O3. The van der Waals surface area contributed by atoms with E-state index in [-0.39, 0.29) is 11.8 Å². The quantitative estimate of drug-likeness (QED) is 0.312. The van der Waals surface area contributed by atoms with Crippen molar-refractivity contribution in [1.82, 2.24) is 9.80 Å². The SMILES string of the molecule is CO/N=C(/CN1CCC(O)(c2ccccc2)CC1)C(CN(C)C(=O)c1ccccc1)c1ccc(Cl)cc1.